The summed E-state index contributed by atoms with van der Waals surface area (Å²) >= 11 is 0. The quantitative estimate of drug-likeness (QED) is 0.426. The fourth-order valence-corrected chi connectivity index (χ4v) is 1.84. The molecule has 6 nitrogen and oxygen atoms in total. The maximum Gasteiger partial charge on any atom is 0.337 e. The van der Waals surface area contributed by atoms with Crippen LogP contribution in [0.4, 0.5) is 0 Å². The van der Waals surface area contributed by atoms with Gasteiger partial charge in [0.15, 0.2) is 11.2 Å². The molecule has 0 aliphatic heterocycles. The summed E-state index contributed by atoms with van der Waals surface area (Å²) in [5, 5.41) is 10.0. The van der Waals surface area contributed by atoms with Crippen LogP contribution in [0.3, 0.4) is 0 Å². The Morgan fingerprint density at radius 3 is 2.79 bits per heavy atom. The Morgan fingerprint density at radius 1 is 1.21 bits per heavy atom. The number of hydrogen-bond donors (Lipinski definition) is 1. The van der Waals surface area contributed by atoms with Gasteiger partial charge < -0.3 is 18.7 Å². The average Bonchev–Trinajstić information content (AvgIpc) is 2.87. The molecule has 0 spiro atoms. The summed E-state index contributed by atoms with van der Waals surface area (Å²) in [5.41, 5.74) is -0.180. The number of fused-ring (bicyclic) bond motifs is 2. The van der Waals surface area contributed by atoms with Crippen LogP contribution in [0, 0.1) is 0 Å². The van der Waals surface area contributed by atoms with Gasteiger partial charge in [0.2, 0.25) is 5.75 Å². The van der Waals surface area contributed by atoms with E-state index in [9.17, 15) is 9.59 Å². The molecule has 0 bridgehead atoms. The number of carbonyl (C=O) groups excluding carboxylic acids is 1. The first-order valence-corrected chi connectivity index (χ1v) is 5.44. The summed E-state index contributed by atoms with van der Waals surface area (Å²) in [6, 6.07) is 6.26. The van der Waals surface area contributed by atoms with Crippen molar-refractivity contribution in [3.05, 3.63) is 40.9 Å². The maximum atomic E-state index is 11.3. The molecule has 0 saturated carbocycles. The molecule has 2 aromatic heterocycles. The van der Waals surface area contributed by atoms with Crippen LogP contribution in [0.5, 0.6) is 5.75 Å². The third-order valence-corrected chi connectivity index (χ3v) is 2.63. The van der Waals surface area contributed by atoms with Gasteiger partial charge in [-0.25, -0.2) is 9.59 Å². The zero-order valence-corrected chi connectivity index (χ0v) is 9.58. The van der Waals surface area contributed by atoms with Crippen molar-refractivity contribution < 1.29 is 23.5 Å². The summed E-state index contributed by atoms with van der Waals surface area (Å²) in [7, 11) is 0. The summed E-state index contributed by atoms with van der Waals surface area (Å²) in [4.78, 5) is 22.5. The van der Waals surface area contributed by atoms with Gasteiger partial charge in [0.05, 0.1) is 6.26 Å². The van der Waals surface area contributed by atoms with Gasteiger partial charge >= 0.3 is 11.6 Å². The van der Waals surface area contributed by atoms with E-state index in [0.29, 0.717) is 10.8 Å². The number of ether oxygens (including phenoxy) is 1. The van der Waals surface area contributed by atoms with Crippen molar-refractivity contribution in [3.63, 3.8) is 0 Å². The van der Waals surface area contributed by atoms with Crippen molar-refractivity contribution in [1.82, 2.24) is 0 Å². The van der Waals surface area contributed by atoms with Crippen LogP contribution in [-0.4, -0.2) is 17.7 Å². The van der Waals surface area contributed by atoms with Crippen LogP contribution in [-0.2, 0) is 4.79 Å². The zero-order valence-electron chi connectivity index (χ0n) is 9.58. The number of carbonyl (C=O) groups is 1. The van der Waals surface area contributed by atoms with Gasteiger partial charge in [-0.3, -0.25) is 0 Å². The normalized spacial score (nSPS) is 11.0. The van der Waals surface area contributed by atoms with Gasteiger partial charge in [-0.05, 0) is 18.2 Å². The van der Waals surface area contributed by atoms with E-state index in [1.807, 2.05) is 0 Å². The highest BCUT2D eigenvalue weighted by molar-refractivity contribution is 6.01. The summed E-state index contributed by atoms with van der Waals surface area (Å²) in [6.07, 6.45) is 1.43. The standard InChI is InChI=1S/C13H8O6/c14-6-10(16)19-13-11-8(3-4-17-11)5-7-1-2-9(15)18-12(7)13/h1-5,14H,6H2. The highest BCUT2D eigenvalue weighted by Crippen LogP contribution is 2.34. The van der Waals surface area contributed by atoms with E-state index in [0.717, 1.165) is 0 Å². The molecule has 3 rings (SSSR count). The topological polar surface area (TPSA) is 89.9 Å². The monoisotopic (exact) mass is 260 g/mol. The fraction of sp³-hybridized carbons (Fsp3) is 0.0769. The van der Waals surface area contributed by atoms with Crippen LogP contribution in [0.1, 0.15) is 0 Å². The number of esters is 1. The molecule has 2 heterocycles. The Hall–Kier alpha value is -2.60. The highest BCUT2D eigenvalue weighted by Gasteiger charge is 2.17. The molecule has 0 unspecified atom stereocenters. The lowest BCUT2D eigenvalue weighted by Crippen LogP contribution is -2.12. The number of aliphatic hydroxyl groups is 1. The van der Waals surface area contributed by atoms with Gasteiger partial charge in [0.1, 0.15) is 6.61 Å². The Labute approximate surface area is 105 Å². The lowest BCUT2D eigenvalue weighted by atomic mass is 10.1. The van der Waals surface area contributed by atoms with E-state index >= 15 is 0 Å². The molecule has 96 valence electrons. The van der Waals surface area contributed by atoms with E-state index in [2.05, 4.69) is 0 Å². The lowest BCUT2D eigenvalue weighted by Gasteiger charge is -2.06. The van der Waals surface area contributed by atoms with Crippen molar-refractivity contribution in [2.24, 2.45) is 0 Å². The molecule has 19 heavy (non-hydrogen) atoms. The number of aliphatic hydroxyl groups excluding tert-OH is 1. The van der Waals surface area contributed by atoms with Gasteiger partial charge in [0, 0.05) is 16.8 Å². The second-order valence-corrected chi connectivity index (χ2v) is 3.85. The first-order valence-electron chi connectivity index (χ1n) is 5.44. The molecule has 0 aliphatic carbocycles. The molecule has 1 aromatic carbocycles. The van der Waals surface area contributed by atoms with Crippen LogP contribution in [0.15, 0.2) is 44.2 Å². The van der Waals surface area contributed by atoms with E-state index in [1.54, 1.807) is 18.2 Å². The van der Waals surface area contributed by atoms with Gasteiger partial charge in [-0.2, -0.15) is 0 Å². The van der Waals surface area contributed by atoms with Crippen LogP contribution < -0.4 is 10.4 Å². The van der Waals surface area contributed by atoms with Crippen molar-refractivity contribution in [3.8, 4) is 5.75 Å². The Bertz CT molecular complexity index is 826. The number of rotatable bonds is 2. The molecular weight excluding hydrogens is 252 g/mol. The largest absolute Gasteiger partial charge is 0.460 e. The minimum absolute atomic E-state index is 0.00532. The predicted molar refractivity (Wildman–Crippen MR) is 65.0 cm³/mol. The first-order chi connectivity index (χ1) is 9.19. The van der Waals surface area contributed by atoms with Gasteiger partial charge in [-0.1, -0.05) is 0 Å². The third-order valence-electron chi connectivity index (χ3n) is 2.63. The SMILES string of the molecule is O=C(CO)Oc1c2occc2cc2ccc(=O)oc12. The van der Waals surface area contributed by atoms with E-state index in [-0.39, 0.29) is 16.9 Å². The maximum absolute atomic E-state index is 11.3. The molecule has 0 radical (unpaired) electrons. The van der Waals surface area contributed by atoms with Crippen molar-refractivity contribution in [1.29, 1.82) is 0 Å². The Kier molecular flexibility index (Phi) is 2.57. The second-order valence-electron chi connectivity index (χ2n) is 3.85. The first kappa shape index (κ1) is 11.5. The minimum Gasteiger partial charge on any atom is -0.460 e. The number of furan rings is 1. The molecule has 0 amide bonds. The summed E-state index contributed by atoms with van der Waals surface area (Å²) in [6.45, 7) is -0.782. The Morgan fingerprint density at radius 2 is 2.00 bits per heavy atom. The molecule has 0 atom stereocenters. The van der Waals surface area contributed by atoms with Crippen molar-refractivity contribution >= 4 is 27.9 Å². The number of hydrogen-bond acceptors (Lipinski definition) is 6. The van der Waals surface area contributed by atoms with Gasteiger partial charge in [0.25, 0.3) is 0 Å². The van der Waals surface area contributed by atoms with E-state index < -0.39 is 18.2 Å². The number of benzene rings is 1. The van der Waals surface area contributed by atoms with Crippen molar-refractivity contribution in [2.45, 2.75) is 0 Å². The molecule has 0 fully saturated rings. The smallest absolute Gasteiger partial charge is 0.337 e. The Balaban J connectivity index is 2.38. The summed E-state index contributed by atoms with van der Waals surface area (Å²) in [5.74, 6) is -0.869. The molecule has 0 aliphatic rings. The fourth-order valence-electron chi connectivity index (χ4n) is 1.84. The van der Waals surface area contributed by atoms with Crippen LogP contribution in [0.25, 0.3) is 21.9 Å². The highest BCUT2D eigenvalue weighted by atomic mass is 16.6. The second kappa shape index (κ2) is 4.25. The minimum atomic E-state index is -0.864. The zero-order chi connectivity index (χ0) is 13.4. The van der Waals surface area contributed by atoms with E-state index in [1.165, 1.54) is 12.3 Å². The molecule has 1 N–H and O–H groups in total. The van der Waals surface area contributed by atoms with Crippen LogP contribution >= 0.6 is 0 Å². The average molecular weight is 260 g/mol. The molecule has 3 aromatic rings. The van der Waals surface area contributed by atoms with Gasteiger partial charge in [-0.15, -0.1) is 0 Å². The molecular formula is C13H8O6. The third kappa shape index (κ3) is 1.88. The molecule has 0 saturated heterocycles. The summed E-state index contributed by atoms with van der Waals surface area (Å²) < 4.78 is 15.3. The predicted octanol–water partition coefficient (Wildman–Crippen LogP) is 1.44. The van der Waals surface area contributed by atoms with E-state index in [4.69, 9.17) is 18.7 Å². The van der Waals surface area contributed by atoms with Crippen molar-refractivity contribution in [2.75, 3.05) is 6.61 Å². The van der Waals surface area contributed by atoms with Crippen LogP contribution in [0.2, 0.25) is 0 Å². The lowest BCUT2D eigenvalue weighted by molar-refractivity contribution is -0.137. The molecule has 6 heteroatoms.